The van der Waals surface area contributed by atoms with Gasteiger partial charge in [0, 0.05) is 22.7 Å². The zero-order chi connectivity index (χ0) is 22.2. The number of ether oxygens (including phenoxy) is 1. The summed E-state index contributed by atoms with van der Waals surface area (Å²) in [6.45, 7) is 2.88. The van der Waals surface area contributed by atoms with Gasteiger partial charge in [-0.15, -0.1) is 0 Å². The summed E-state index contributed by atoms with van der Waals surface area (Å²) in [6, 6.07) is 26.2. The molecule has 0 bridgehead atoms. The van der Waals surface area contributed by atoms with Crippen LogP contribution in [0.4, 0.5) is 5.69 Å². The third kappa shape index (κ3) is 5.57. The van der Waals surface area contributed by atoms with Gasteiger partial charge in [0.15, 0.2) is 0 Å². The van der Waals surface area contributed by atoms with Crippen molar-refractivity contribution in [1.29, 1.82) is 0 Å². The fourth-order valence-electron chi connectivity index (χ4n) is 3.61. The second kappa shape index (κ2) is 11.0. The molecule has 0 radical (unpaired) electrons. The molecule has 0 fully saturated rings. The lowest BCUT2D eigenvalue weighted by Crippen LogP contribution is -2.10. The van der Waals surface area contributed by atoms with Crippen molar-refractivity contribution in [3.8, 4) is 11.5 Å². The number of phenols is 1. The number of nitrogens with zero attached hydrogens (tertiary/aromatic N) is 1. The maximum atomic E-state index is 10.8. The normalized spacial score (nSPS) is 13.5. The highest BCUT2D eigenvalue weighted by Gasteiger charge is 2.20. The molecule has 0 amide bonds. The van der Waals surface area contributed by atoms with Crippen molar-refractivity contribution in [1.82, 2.24) is 0 Å². The van der Waals surface area contributed by atoms with Crippen molar-refractivity contribution in [3.05, 3.63) is 102 Å². The van der Waals surface area contributed by atoms with Crippen LogP contribution in [-0.4, -0.2) is 11.7 Å². The monoisotopic (exact) mass is 443 g/mol. The molecule has 4 heteroatoms. The van der Waals surface area contributed by atoms with Crippen LogP contribution in [-0.2, 0) is 0 Å². The number of aromatic hydroxyl groups is 1. The maximum absolute atomic E-state index is 10.8. The number of anilines is 1. The molecule has 32 heavy (non-hydrogen) atoms. The minimum Gasteiger partial charge on any atom is -0.506 e. The zero-order valence-corrected chi connectivity index (χ0v) is 19.2. The molecule has 3 nitrogen and oxygen atoms in total. The Labute approximate surface area is 195 Å². The lowest BCUT2D eigenvalue weighted by Gasteiger charge is -2.27. The Bertz CT molecular complexity index is 1080. The van der Waals surface area contributed by atoms with Gasteiger partial charge in [0.2, 0.25) is 0 Å². The van der Waals surface area contributed by atoms with E-state index in [0.717, 1.165) is 33.7 Å². The Hall–Kier alpha value is -3.11. The van der Waals surface area contributed by atoms with E-state index in [4.69, 9.17) is 4.74 Å². The van der Waals surface area contributed by atoms with Crippen molar-refractivity contribution in [3.63, 3.8) is 0 Å². The van der Waals surface area contributed by atoms with Crippen molar-refractivity contribution in [2.24, 2.45) is 0 Å². The third-order valence-corrected chi connectivity index (χ3v) is 6.41. The molecule has 0 aromatic heterocycles. The van der Waals surface area contributed by atoms with Gasteiger partial charge in [0.25, 0.3) is 0 Å². The Balaban J connectivity index is 1.58. The van der Waals surface area contributed by atoms with Gasteiger partial charge in [-0.1, -0.05) is 86.8 Å². The lowest BCUT2D eigenvalue weighted by molar-refractivity contribution is 0.303. The van der Waals surface area contributed by atoms with Gasteiger partial charge in [-0.05, 0) is 47.7 Å². The highest BCUT2D eigenvalue weighted by atomic mass is 32.2. The smallest absolute Gasteiger partial charge is 0.143 e. The molecule has 4 rings (SSSR count). The lowest BCUT2D eigenvalue weighted by atomic mass is 10.0. The van der Waals surface area contributed by atoms with Gasteiger partial charge in [-0.3, -0.25) is 4.31 Å². The predicted octanol–water partition coefficient (Wildman–Crippen LogP) is 7.90. The molecular formula is C28H29NO2S. The molecule has 1 aliphatic rings. The quantitative estimate of drug-likeness (QED) is 0.269. The molecule has 1 heterocycles. The second-order valence-corrected chi connectivity index (χ2v) is 8.82. The first kappa shape index (κ1) is 22.1. The van der Waals surface area contributed by atoms with Crippen LogP contribution in [0.25, 0.3) is 10.5 Å². The maximum Gasteiger partial charge on any atom is 0.143 e. The number of rotatable bonds is 9. The minimum absolute atomic E-state index is 0.210. The topological polar surface area (TPSA) is 32.7 Å². The Morgan fingerprint density at radius 1 is 0.844 bits per heavy atom. The number of phenolic OH excluding ortho intramolecular Hbond substituents is 1. The molecule has 1 N–H and O–H groups in total. The summed E-state index contributed by atoms with van der Waals surface area (Å²) in [7, 11) is 0. The summed E-state index contributed by atoms with van der Waals surface area (Å²) in [5, 5.41) is 10.8. The highest BCUT2D eigenvalue weighted by molar-refractivity contribution is 8.09. The van der Waals surface area contributed by atoms with Crippen molar-refractivity contribution in [2.45, 2.75) is 32.6 Å². The summed E-state index contributed by atoms with van der Waals surface area (Å²) >= 11 is 1.60. The molecule has 164 valence electrons. The first-order valence-electron chi connectivity index (χ1n) is 11.2. The van der Waals surface area contributed by atoms with E-state index in [1.54, 1.807) is 18.0 Å². The molecule has 0 unspecified atom stereocenters. The molecule has 3 aromatic carbocycles. The van der Waals surface area contributed by atoms with Gasteiger partial charge in [0.1, 0.15) is 11.5 Å². The van der Waals surface area contributed by atoms with Gasteiger partial charge in [0.05, 0.1) is 12.3 Å². The number of unbranched alkanes of at least 4 members (excludes halogenated alkanes) is 3. The SMILES string of the molecule is CCCCCCOc1ccc(N2C=C(c3ccccc3)C=C(c3ccccc3)S2)c(O)c1. The summed E-state index contributed by atoms with van der Waals surface area (Å²) in [5.74, 6) is 0.914. The molecule has 1 aliphatic heterocycles. The van der Waals surface area contributed by atoms with Gasteiger partial charge < -0.3 is 9.84 Å². The Kier molecular flexibility index (Phi) is 7.57. The van der Waals surface area contributed by atoms with E-state index in [1.807, 2.05) is 52.8 Å². The Morgan fingerprint density at radius 2 is 1.56 bits per heavy atom. The second-order valence-electron chi connectivity index (χ2n) is 7.80. The standard InChI is InChI=1S/C28H29NO2S/c1-2-3-4-11-18-31-25-16-17-26(27(30)20-25)29-21-24(22-12-7-5-8-13-22)19-28(32-29)23-14-9-6-10-15-23/h5-10,12-17,19-21,30H,2-4,11,18H2,1H3. The molecule has 0 atom stereocenters. The van der Waals surface area contributed by atoms with E-state index in [0.29, 0.717) is 12.4 Å². The first-order valence-corrected chi connectivity index (χ1v) is 12.0. The van der Waals surface area contributed by atoms with Gasteiger partial charge in [-0.2, -0.15) is 0 Å². The van der Waals surface area contributed by atoms with Gasteiger partial charge >= 0.3 is 0 Å². The largest absolute Gasteiger partial charge is 0.506 e. The molecular weight excluding hydrogens is 414 g/mol. The van der Waals surface area contributed by atoms with E-state index >= 15 is 0 Å². The van der Waals surface area contributed by atoms with Crippen LogP contribution < -0.4 is 9.04 Å². The number of allylic oxidation sites excluding steroid dienone is 2. The van der Waals surface area contributed by atoms with E-state index < -0.39 is 0 Å². The fraction of sp³-hybridized carbons (Fsp3) is 0.214. The van der Waals surface area contributed by atoms with Gasteiger partial charge in [-0.25, -0.2) is 0 Å². The molecule has 0 aliphatic carbocycles. The Morgan fingerprint density at radius 3 is 2.25 bits per heavy atom. The zero-order valence-electron chi connectivity index (χ0n) is 18.4. The number of hydrogen-bond donors (Lipinski definition) is 1. The van der Waals surface area contributed by atoms with Crippen LogP contribution in [0.5, 0.6) is 11.5 Å². The van der Waals surface area contributed by atoms with Crippen molar-refractivity contribution >= 4 is 28.1 Å². The number of benzene rings is 3. The summed E-state index contributed by atoms with van der Waals surface area (Å²) in [4.78, 5) is 1.13. The van der Waals surface area contributed by atoms with Crippen LogP contribution >= 0.6 is 11.9 Å². The van der Waals surface area contributed by atoms with Crippen LogP contribution in [0.2, 0.25) is 0 Å². The first-order chi connectivity index (χ1) is 15.7. The van der Waals surface area contributed by atoms with Crippen LogP contribution in [0.1, 0.15) is 43.7 Å². The van der Waals surface area contributed by atoms with E-state index in [2.05, 4.69) is 43.5 Å². The van der Waals surface area contributed by atoms with E-state index in [1.165, 1.54) is 19.3 Å². The third-order valence-electron chi connectivity index (χ3n) is 5.36. The highest BCUT2D eigenvalue weighted by Crippen LogP contribution is 2.44. The molecule has 0 spiro atoms. The molecule has 0 saturated carbocycles. The molecule has 3 aromatic rings. The average molecular weight is 444 g/mol. The van der Waals surface area contributed by atoms with Crippen LogP contribution in [0, 0.1) is 0 Å². The van der Waals surface area contributed by atoms with Crippen LogP contribution in [0.15, 0.2) is 91.1 Å². The van der Waals surface area contributed by atoms with Crippen molar-refractivity contribution in [2.75, 3.05) is 10.9 Å². The summed E-state index contributed by atoms with van der Waals surface area (Å²) in [6.07, 6.45) is 8.93. The fourth-order valence-corrected chi connectivity index (χ4v) is 4.66. The van der Waals surface area contributed by atoms with E-state index in [-0.39, 0.29) is 5.75 Å². The molecule has 0 saturated heterocycles. The number of hydrogen-bond acceptors (Lipinski definition) is 4. The average Bonchev–Trinajstić information content (AvgIpc) is 2.85. The summed E-state index contributed by atoms with van der Waals surface area (Å²) in [5.41, 5.74) is 4.12. The summed E-state index contributed by atoms with van der Waals surface area (Å²) < 4.78 is 7.88. The van der Waals surface area contributed by atoms with Crippen LogP contribution in [0.3, 0.4) is 0 Å². The predicted molar refractivity (Wildman–Crippen MR) is 137 cm³/mol. The minimum atomic E-state index is 0.210. The van der Waals surface area contributed by atoms with Crippen molar-refractivity contribution < 1.29 is 9.84 Å². The van der Waals surface area contributed by atoms with E-state index in [9.17, 15) is 5.11 Å².